The van der Waals surface area contributed by atoms with Gasteiger partial charge in [-0.25, -0.2) is 0 Å². The number of hydrogen-bond donors (Lipinski definition) is 2. The monoisotopic (exact) mass is 719 g/mol. The van der Waals surface area contributed by atoms with E-state index in [0.717, 1.165) is 24.0 Å². The van der Waals surface area contributed by atoms with Crippen LogP contribution in [0.1, 0.15) is 49.8 Å². The number of halogens is 1. The third-order valence-corrected chi connectivity index (χ3v) is 10.5. The molecule has 0 radical (unpaired) electrons. The maximum atomic E-state index is 14.9. The Kier molecular flexibility index (Phi) is 10.5. The summed E-state index contributed by atoms with van der Waals surface area (Å²) in [6, 6.07) is 16.2. The molecular formula is C37H42BrN3O7. The Labute approximate surface area is 289 Å². The largest absolute Gasteiger partial charge is 0.463 e. The lowest BCUT2D eigenvalue weighted by Crippen LogP contribution is -2.59. The van der Waals surface area contributed by atoms with E-state index in [2.05, 4.69) is 21.2 Å². The number of aliphatic hydroxyl groups is 1. The van der Waals surface area contributed by atoms with E-state index in [-0.39, 0.29) is 32.1 Å². The first-order chi connectivity index (χ1) is 23.3. The Morgan fingerprint density at radius 3 is 2.46 bits per heavy atom. The van der Waals surface area contributed by atoms with Crippen molar-refractivity contribution >= 4 is 39.6 Å². The van der Waals surface area contributed by atoms with Gasteiger partial charge in [0.25, 0.3) is 0 Å². The van der Waals surface area contributed by atoms with Crippen LogP contribution in [0.5, 0.6) is 0 Å². The van der Waals surface area contributed by atoms with Crippen LogP contribution in [0.3, 0.4) is 0 Å². The van der Waals surface area contributed by atoms with Gasteiger partial charge in [0.1, 0.15) is 24.4 Å². The fraction of sp³-hybridized carbons (Fsp3) is 0.459. The highest BCUT2D eigenvalue weighted by molar-refractivity contribution is 9.11. The Morgan fingerprint density at radius 2 is 1.75 bits per heavy atom. The molecule has 11 heteroatoms. The van der Waals surface area contributed by atoms with Crippen molar-refractivity contribution in [2.45, 2.75) is 68.9 Å². The van der Waals surface area contributed by atoms with Gasteiger partial charge in [0.05, 0.1) is 30.5 Å². The average Bonchev–Trinajstić information content (AvgIpc) is 3.70. The van der Waals surface area contributed by atoms with Crippen molar-refractivity contribution in [3.05, 3.63) is 94.5 Å². The molecule has 1 spiro atoms. The third kappa shape index (κ3) is 6.47. The lowest BCUT2D eigenvalue weighted by atomic mass is 9.74. The van der Waals surface area contributed by atoms with Crippen molar-refractivity contribution in [1.29, 1.82) is 0 Å². The first-order valence-electron chi connectivity index (χ1n) is 16.8. The number of nitrogens with zero attached hydrogens (tertiary/aromatic N) is 2. The molecule has 3 amide bonds. The molecule has 2 N–H and O–H groups in total. The number of nitrogens with one attached hydrogen (secondary N) is 1. The van der Waals surface area contributed by atoms with Crippen LogP contribution in [0.25, 0.3) is 0 Å². The van der Waals surface area contributed by atoms with Crippen LogP contribution in [0.4, 0.5) is 0 Å². The molecule has 0 saturated carbocycles. The predicted octanol–water partition coefficient (Wildman–Crippen LogP) is 3.84. The molecule has 254 valence electrons. The number of ether oxygens (including phenoxy) is 2. The SMILES string of the molecule is CCCCN1C/C=C\CCC(=O)OC[C@H](c2ccccc2)NC(=O)[C@H]2[C@@H]3O[C@@]4(C=C3Br)[C@@H]2C(=O)N([C@@H](CO)Cc2ccccc2)[C@@H]4C1=O. The van der Waals surface area contributed by atoms with Crippen LogP contribution in [0, 0.1) is 11.8 Å². The molecule has 7 atom stereocenters. The van der Waals surface area contributed by atoms with E-state index in [1.54, 1.807) is 11.0 Å². The average molecular weight is 721 g/mol. The van der Waals surface area contributed by atoms with Gasteiger partial charge >= 0.3 is 5.97 Å². The van der Waals surface area contributed by atoms with E-state index in [0.29, 0.717) is 23.9 Å². The Morgan fingerprint density at radius 1 is 1.02 bits per heavy atom. The molecular weight excluding hydrogens is 678 g/mol. The molecule has 6 rings (SSSR count). The molecule has 4 aliphatic heterocycles. The summed E-state index contributed by atoms with van der Waals surface area (Å²) in [5, 5.41) is 13.8. The van der Waals surface area contributed by atoms with Crippen molar-refractivity contribution in [2.24, 2.45) is 11.8 Å². The maximum absolute atomic E-state index is 14.9. The number of likely N-dealkylation sites (tertiary alicyclic amines) is 1. The Bertz CT molecular complexity index is 1570. The van der Waals surface area contributed by atoms with Gasteiger partial charge in [-0.1, -0.05) is 102 Å². The topological polar surface area (TPSA) is 125 Å². The number of aliphatic hydroxyl groups excluding tert-OH is 1. The van der Waals surface area contributed by atoms with Gasteiger partial charge in [0.2, 0.25) is 17.7 Å². The lowest BCUT2D eigenvalue weighted by molar-refractivity contribution is -0.150. The van der Waals surface area contributed by atoms with Crippen molar-refractivity contribution in [3.63, 3.8) is 0 Å². The normalized spacial score (nSPS) is 30.5. The van der Waals surface area contributed by atoms with Crippen LogP contribution in [0.15, 0.2) is 83.4 Å². The van der Waals surface area contributed by atoms with Gasteiger partial charge < -0.3 is 29.7 Å². The smallest absolute Gasteiger partial charge is 0.306 e. The van der Waals surface area contributed by atoms with Gasteiger partial charge in [-0.15, -0.1) is 0 Å². The van der Waals surface area contributed by atoms with E-state index in [4.69, 9.17) is 9.47 Å². The number of unbranched alkanes of at least 4 members (excludes halogenated alkanes) is 1. The molecule has 2 aromatic rings. The standard InChI is InChI=1S/C37H42BrN3O7/c1-2-3-18-40-19-12-6-11-17-29(43)47-23-28(25-15-9-5-10-16-25)39-34(44)30-31-35(45)41(26(22-42)20-24-13-7-4-8-14-24)33(36(40)46)37(31)21-27(38)32(30)48-37/h4-10,12-16,21,26,28,30-33,42H,2-3,11,17-20,22-23H2,1H3,(H,39,44)/b12-6-/t26-,28-,30-,31+,32-,33-,37+/m1/s1. The molecule has 0 aromatic heterocycles. The van der Waals surface area contributed by atoms with Gasteiger partial charge in [-0.05, 0) is 36.5 Å². The highest BCUT2D eigenvalue weighted by Gasteiger charge is 2.75. The third-order valence-electron chi connectivity index (χ3n) is 9.85. The number of esters is 1. The number of carbonyl (C=O) groups is 4. The van der Waals surface area contributed by atoms with Crippen LogP contribution >= 0.6 is 15.9 Å². The predicted molar refractivity (Wildman–Crippen MR) is 181 cm³/mol. The van der Waals surface area contributed by atoms with E-state index < -0.39 is 59.5 Å². The zero-order valence-corrected chi connectivity index (χ0v) is 28.6. The summed E-state index contributed by atoms with van der Waals surface area (Å²) < 4.78 is 12.9. The van der Waals surface area contributed by atoms with Crippen molar-refractivity contribution in [3.8, 4) is 0 Å². The summed E-state index contributed by atoms with van der Waals surface area (Å²) in [5.41, 5.74) is 0.217. The number of hydrogen-bond acceptors (Lipinski definition) is 7. The van der Waals surface area contributed by atoms with Gasteiger partial charge in [-0.3, -0.25) is 19.2 Å². The molecule has 48 heavy (non-hydrogen) atoms. The van der Waals surface area contributed by atoms with Crippen LogP contribution in [0.2, 0.25) is 0 Å². The number of allylic oxidation sites excluding steroid dienone is 1. The molecule has 2 aromatic carbocycles. The second kappa shape index (κ2) is 14.8. The number of fused-ring (bicyclic) bond motifs is 2. The second-order valence-corrected chi connectivity index (χ2v) is 13.8. The second-order valence-electron chi connectivity index (χ2n) is 12.9. The summed E-state index contributed by atoms with van der Waals surface area (Å²) in [4.78, 5) is 59.9. The fourth-order valence-electron chi connectivity index (χ4n) is 7.52. The molecule has 5 bridgehead atoms. The fourth-order valence-corrected chi connectivity index (χ4v) is 8.26. The van der Waals surface area contributed by atoms with Gasteiger partial charge in [0, 0.05) is 24.0 Å². The Balaban J connectivity index is 1.45. The molecule has 10 nitrogen and oxygen atoms in total. The van der Waals surface area contributed by atoms with Crippen LogP contribution in [-0.4, -0.2) is 88.7 Å². The highest BCUT2D eigenvalue weighted by atomic mass is 79.9. The summed E-state index contributed by atoms with van der Waals surface area (Å²) >= 11 is 3.62. The van der Waals surface area contributed by atoms with Crippen molar-refractivity contribution in [2.75, 3.05) is 26.3 Å². The zero-order chi connectivity index (χ0) is 33.8. The van der Waals surface area contributed by atoms with Crippen LogP contribution < -0.4 is 5.32 Å². The van der Waals surface area contributed by atoms with E-state index in [1.807, 2.05) is 79.7 Å². The van der Waals surface area contributed by atoms with E-state index >= 15 is 0 Å². The minimum atomic E-state index is -1.43. The summed E-state index contributed by atoms with van der Waals surface area (Å²) in [6.45, 7) is 2.29. The lowest BCUT2D eigenvalue weighted by Gasteiger charge is -2.38. The summed E-state index contributed by atoms with van der Waals surface area (Å²) in [7, 11) is 0. The summed E-state index contributed by atoms with van der Waals surface area (Å²) in [6.07, 6.45) is 7.20. The first kappa shape index (κ1) is 34.1. The quantitative estimate of drug-likeness (QED) is 0.314. The van der Waals surface area contributed by atoms with Crippen molar-refractivity contribution in [1.82, 2.24) is 15.1 Å². The maximum Gasteiger partial charge on any atom is 0.306 e. The molecule has 4 aliphatic rings. The number of carbonyl (C=O) groups excluding carboxylic acids is 4. The molecule has 0 unspecified atom stereocenters. The first-order valence-corrected chi connectivity index (χ1v) is 17.6. The number of amides is 3. The molecule has 4 heterocycles. The zero-order valence-electron chi connectivity index (χ0n) is 27.0. The molecule has 2 saturated heterocycles. The van der Waals surface area contributed by atoms with Gasteiger partial charge in [0.15, 0.2) is 0 Å². The molecule has 0 aliphatic carbocycles. The highest BCUT2D eigenvalue weighted by Crippen LogP contribution is 2.59. The van der Waals surface area contributed by atoms with Gasteiger partial charge in [-0.2, -0.15) is 0 Å². The number of rotatable bonds is 8. The minimum absolute atomic E-state index is 0.0843. The Hall–Kier alpha value is -3.80. The summed E-state index contributed by atoms with van der Waals surface area (Å²) in [5.74, 6) is -3.54. The van der Waals surface area contributed by atoms with Crippen LogP contribution in [-0.2, 0) is 35.1 Å². The van der Waals surface area contributed by atoms with Crippen molar-refractivity contribution < 1.29 is 33.8 Å². The minimum Gasteiger partial charge on any atom is -0.463 e. The number of cyclic esters (lactones) is 1. The van der Waals surface area contributed by atoms with E-state index in [1.165, 1.54) is 4.90 Å². The molecule has 2 fully saturated rings. The number of benzene rings is 2. The van der Waals surface area contributed by atoms with E-state index in [9.17, 15) is 24.3 Å².